The van der Waals surface area contributed by atoms with Crippen molar-refractivity contribution in [3.63, 3.8) is 0 Å². The van der Waals surface area contributed by atoms with Crippen LogP contribution in [0, 0.1) is 6.92 Å². The monoisotopic (exact) mass is 349 g/mol. The highest BCUT2D eigenvalue weighted by atomic mass is 32.1. The molecule has 6 nitrogen and oxygen atoms in total. The summed E-state index contributed by atoms with van der Waals surface area (Å²) in [6, 6.07) is 7.23. The summed E-state index contributed by atoms with van der Waals surface area (Å²) in [5.74, 6) is 1.01. The molecule has 130 valence electrons. The summed E-state index contributed by atoms with van der Waals surface area (Å²) in [4.78, 5) is 27.0. The Hall–Kier alpha value is -1.99. The van der Waals surface area contributed by atoms with Crippen molar-refractivity contribution in [2.75, 3.05) is 19.0 Å². The van der Waals surface area contributed by atoms with Gasteiger partial charge in [-0.15, -0.1) is 0 Å². The van der Waals surface area contributed by atoms with E-state index >= 15 is 0 Å². The predicted octanol–water partition coefficient (Wildman–Crippen LogP) is 2.45. The maximum Gasteiger partial charge on any atom is 0.329 e. The minimum absolute atomic E-state index is 0.319. The average molecular weight is 349 g/mol. The quantitative estimate of drug-likeness (QED) is 0.505. The van der Waals surface area contributed by atoms with Crippen LogP contribution in [0.1, 0.15) is 24.0 Å². The molecule has 24 heavy (non-hydrogen) atoms. The number of unbranched alkanes of at least 4 members (excludes halogenated alkanes) is 1. The number of aromatic amines is 1. The summed E-state index contributed by atoms with van der Waals surface area (Å²) in [6.07, 6.45) is 1.52. The molecule has 2 rings (SSSR count). The number of anilines is 2. The van der Waals surface area contributed by atoms with E-state index in [1.807, 2.05) is 25.1 Å². The zero-order chi connectivity index (χ0) is 17.5. The molecular weight excluding hydrogens is 326 g/mol. The molecule has 0 saturated heterocycles. The fourth-order valence-electron chi connectivity index (χ4n) is 2.39. The number of benzene rings is 1. The van der Waals surface area contributed by atoms with Gasteiger partial charge >= 0.3 is 5.69 Å². The highest BCUT2D eigenvalue weighted by Crippen LogP contribution is 2.19. The molecule has 0 aliphatic carbocycles. The molecule has 0 amide bonds. The zero-order valence-corrected chi connectivity index (χ0v) is 14.9. The van der Waals surface area contributed by atoms with Crippen LogP contribution in [0.3, 0.4) is 0 Å². The summed E-state index contributed by atoms with van der Waals surface area (Å²) >= 11 is 4.30. The van der Waals surface area contributed by atoms with Gasteiger partial charge in [-0.25, -0.2) is 4.79 Å². The highest BCUT2D eigenvalue weighted by molar-refractivity contribution is 7.79. The molecule has 0 radical (unpaired) electrons. The minimum atomic E-state index is -0.413. The molecule has 1 aromatic carbocycles. The highest BCUT2D eigenvalue weighted by Gasteiger charge is 2.06. The molecule has 0 aliphatic rings. The van der Waals surface area contributed by atoms with E-state index in [4.69, 9.17) is 4.74 Å². The van der Waals surface area contributed by atoms with Gasteiger partial charge in [0.05, 0.1) is 0 Å². The summed E-state index contributed by atoms with van der Waals surface area (Å²) < 4.78 is 6.17. The number of hydrogen-bond donors (Lipinski definition) is 3. The molecular formula is C17H23N3O3S. The van der Waals surface area contributed by atoms with Crippen LogP contribution in [0.5, 0.6) is 0 Å². The topological polar surface area (TPSA) is 76.1 Å². The molecule has 0 fully saturated rings. The summed E-state index contributed by atoms with van der Waals surface area (Å²) in [5.41, 5.74) is 2.31. The molecule has 0 atom stereocenters. The predicted molar refractivity (Wildman–Crippen MR) is 99.6 cm³/mol. The van der Waals surface area contributed by atoms with E-state index in [1.165, 1.54) is 10.6 Å². The Balaban J connectivity index is 2.15. The number of thiol groups is 1. The molecule has 0 bridgehead atoms. The first kappa shape index (κ1) is 18.4. The molecule has 0 saturated carbocycles. The first-order valence-corrected chi connectivity index (χ1v) is 8.49. The second-order valence-corrected chi connectivity index (χ2v) is 5.92. The van der Waals surface area contributed by atoms with Gasteiger partial charge in [-0.1, -0.05) is 6.07 Å². The fraction of sp³-hybridized carbons (Fsp3) is 0.412. The van der Waals surface area contributed by atoms with Crippen LogP contribution in [0.15, 0.2) is 33.9 Å². The van der Waals surface area contributed by atoms with E-state index in [0.29, 0.717) is 31.1 Å². The van der Waals surface area contributed by atoms with Gasteiger partial charge in [-0.2, -0.15) is 12.6 Å². The molecule has 2 aromatic rings. The zero-order valence-electron chi connectivity index (χ0n) is 14.0. The summed E-state index contributed by atoms with van der Waals surface area (Å²) in [5, 5.41) is 3.07. The van der Waals surface area contributed by atoms with Gasteiger partial charge in [0.25, 0.3) is 5.56 Å². The second-order valence-electron chi connectivity index (χ2n) is 5.60. The van der Waals surface area contributed by atoms with E-state index in [-0.39, 0.29) is 5.56 Å². The van der Waals surface area contributed by atoms with Gasteiger partial charge in [-0.3, -0.25) is 14.3 Å². The molecule has 1 aromatic heterocycles. The van der Waals surface area contributed by atoms with Gasteiger partial charge in [0.2, 0.25) is 0 Å². The summed E-state index contributed by atoms with van der Waals surface area (Å²) in [7, 11) is 1.63. The third-order valence-electron chi connectivity index (χ3n) is 3.80. The van der Waals surface area contributed by atoms with Crippen molar-refractivity contribution in [2.45, 2.75) is 32.1 Å². The van der Waals surface area contributed by atoms with Crippen LogP contribution >= 0.6 is 12.6 Å². The second kappa shape index (κ2) is 8.75. The van der Waals surface area contributed by atoms with E-state index in [2.05, 4.69) is 22.9 Å². The standard InChI is InChI=1S/C17H23N3O3S/c1-12-5-6-14(9-13(12)11-24)18-15-10-16(21)20(17(22)19-15)7-3-4-8-23-2/h5-6,9-10,18,24H,3-4,7-8,11H2,1-2H3,(H,19,22). The number of methoxy groups -OCH3 is 1. The van der Waals surface area contributed by atoms with E-state index in [9.17, 15) is 9.59 Å². The Labute approximate surface area is 146 Å². The van der Waals surface area contributed by atoms with Gasteiger partial charge in [-0.05, 0) is 43.0 Å². The largest absolute Gasteiger partial charge is 0.385 e. The SMILES string of the molecule is COCCCCn1c(=O)cc(Nc2ccc(C)c(CS)c2)[nH]c1=O. The lowest BCUT2D eigenvalue weighted by Gasteiger charge is -2.11. The van der Waals surface area contributed by atoms with Crippen LogP contribution in [0.2, 0.25) is 0 Å². The number of ether oxygens (including phenoxy) is 1. The van der Waals surface area contributed by atoms with Crippen molar-refractivity contribution >= 4 is 24.1 Å². The van der Waals surface area contributed by atoms with Gasteiger partial charge in [0.1, 0.15) is 5.82 Å². The molecule has 7 heteroatoms. The molecule has 0 aliphatic heterocycles. The van der Waals surface area contributed by atoms with Crippen LogP contribution in [-0.2, 0) is 17.0 Å². The maximum atomic E-state index is 12.2. The normalized spacial score (nSPS) is 10.8. The number of hydrogen-bond acceptors (Lipinski definition) is 5. The number of nitrogens with zero attached hydrogens (tertiary/aromatic N) is 1. The summed E-state index contributed by atoms with van der Waals surface area (Å²) in [6.45, 7) is 3.02. The Kier molecular flexibility index (Phi) is 6.69. The Morgan fingerprint density at radius 1 is 1.25 bits per heavy atom. The first-order chi connectivity index (χ1) is 11.5. The van der Waals surface area contributed by atoms with Gasteiger partial charge in [0, 0.05) is 37.8 Å². The minimum Gasteiger partial charge on any atom is -0.385 e. The molecule has 0 unspecified atom stereocenters. The van der Waals surface area contributed by atoms with Gasteiger partial charge < -0.3 is 10.1 Å². The number of H-pyrrole nitrogens is 1. The fourth-order valence-corrected chi connectivity index (χ4v) is 2.73. The maximum absolute atomic E-state index is 12.2. The molecule has 2 N–H and O–H groups in total. The lowest BCUT2D eigenvalue weighted by Crippen LogP contribution is -2.35. The Bertz CT molecular complexity index is 767. The van der Waals surface area contributed by atoms with Crippen LogP contribution < -0.4 is 16.6 Å². The van der Waals surface area contributed by atoms with Crippen molar-refractivity contribution in [2.24, 2.45) is 0 Å². The number of rotatable bonds is 8. The Morgan fingerprint density at radius 3 is 2.71 bits per heavy atom. The van der Waals surface area contributed by atoms with E-state index < -0.39 is 5.69 Å². The van der Waals surface area contributed by atoms with Crippen LogP contribution in [0.25, 0.3) is 0 Å². The van der Waals surface area contributed by atoms with Crippen molar-refractivity contribution in [1.29, 1.82) is 0 Å². The first-order valence-electron chi connectivity index (χ1n) is 7.85. The smallest absolute Gasteiger partial charge is 0.329 e. The van der Waals surface area contributed by atoms with Crippen molar-refractivity contribution in [3.05, 3.63) is 56.2 Å². The van der Waals surface area contributed by atoms with Gasteiger partial charge in [0.15, 0.2) is 0 Å². The molecule has 0 spiro atoms. The number of aromatic nitrogens is 2. The van der Waals surface area contributed by atoms with Crippen LogP contribution in [-0.4, -0.2) is 23.3 Å². The average Bonchev–Trinajstić information content (AvgIpc) is 2.55. The third kappa shape index (κ3) is 4.75. The lowest BCUT2D eigenvalue weighted by molar-refractivity contribution is 0.191. The lowest BCUT2D eigenvalue weighted by atomic mass is 10.1. The van der Waals surface area contributed by atoms with E-state index in [0.717, 1.165) is 23.2 Å². The van der Waals surface area contributed by atoms with Crippen LogP contribution in [0.4, 0.5) is 11.5 Å². The third-order valence-corrected chi connectivity index (χ3v) is 4.14. The number of aryl methyl sites for hydroxylation is 1. The van der Waals surface area contributed by atoms with Crippen molar-refractivity contribution in [3.8, 4) is 0 Å². The Morgan fingerprint density at radius 2 is 2.04 bits per heavy atom. The van der Waals surface area contributed by atoms with E-state index in [1.54, 1.807) is 7.11 Å². The number of nitrogens with one attached hydrogen (secondary N) is 2. The molecule has 1 heterocycles. The van der Waals surface area contributed by atoms with Crippen molar-refractivity contribution in [1.82, 2.24) is 9.55 Å². The van der Waals surface area contributed by atoms with Crippen molar-refractivity contribution < 1.29 is 4.74 Å².